The molecule has 0 heterocycles. The van der Waals surface area contributed by atoms with Crippen LogP contribution in [0.15, 0.2) is 18.2 Å². The number of benzene rings is 1. The predicted octanol–water partition coefficient (Wildman–Crippen LogP) is 1.94. The highest BCUT2D eigenvalue weighted by Crippen LogP contribution is 2.06. The van der Waals surface area contributed by atoms with Gasteiger partial charge in [-0.05, 0) is 23.3 Å². The number of methoxy groups -OCH3 is 1. The van der Waals surface area contributed by atoms with Crippen LogP contribution in [0.3, 0.4) is 0 Å². The molecule has 1 rings (SSSR count). The number of alkyl halides is 1. The molecule has 0 unspecified atom stereocenters. The molecule has 0 fully saturated rings. The lowest BCUT2D eigenvalue weighted by atomic mass is 10.1. The third kappa shape index (κ3) is 3.07. The number of esters is 1. The van der Waals surface area contributed by atoms with Gasteiger partial charge in [0.2, 0.25) is 0 Å². The lowest BCUT2D eigenvalue weighted by Gasteiger charge is -2.00. The summed E-state index contributed by atoms with van der Waals surface area (Å²) in [7, 11) is 1.37. The van der Waals surface area contributed by atoms with E-state index in [-0.39, 0.29) is 12.4 Å². The maximum atomic E-state index is 10.9. The first-order valence-corrected chi connectivity index (χ1v) is 4.42. The summed E-state index contributed by atoms with van der Waals surface area (Å²) in [5, 5.41) is 0. The Hall–Kier alpha value is -1.02. The molecule has 0 spiro atoms. The minimum Gasteiger partial charge on any atom is -0.469 e. The van der Waals surface area contributed by atoms with Gasteiger partial charge in [0.15, 0.2) is 0 Å². The van der Waals surface area contributed by atoms with Gasteiger partial charge in [0, 0.05) is 5.88 Å². The highest BCUT2D eigenvalue weighted by Gasteiger charge is 2.02. The zero-order chi connectivity index (χ0) is 9.68. The molecule has 0 N–H and O–H groups in total. The molecule has 3 heteroatoms. The van der Waals surface area contributed by atoms with E-state index in [0.717, 1.165) is 11.1 Å². The van der Waals surface area contributed by atoms with Gasteiger partial charge in [-0.3, -0.25) is 4.79 Å². The summed E-state index contributed by atoms with van der Waals surface area (Å²) in [6.07, 6.45) is 0.263. The molecule has 0 aromatic heterocycles. The van der Waals surface area contributed by atoms with Crippen molar-refractivity contribution in [3.05, 3.63) is 35.4 Å². The second-order valence-electron chi connectivity index (χ2n) is 2.61. The smallest absolute Gasteiger partial charge is 0.309 e. The Morgan fingerprint density at radius 3 is 2.85 bits per heavy atom. The average Bonchev–Trinajstić information content (AvgIpc) is 2.19. The number of hydrogen-bond acceptors (Lipinski definition) is 2. The zero-order valence-corrected chi connectivity index (χ0v) is 8.10. The van der Waals surface area contributed by atoms with Crippen molar-refractivity contribution < 1.29 is 9.53 Å². The lowest BCUT2D eigenvalue weighted by molar-refractivity contribution is -0.139. The molecule has 2 nitrogen and oxygen atoms in total. The number of halogens is 1. The first kappa shape index (κ1) is 10.1. The normalized spacial score (nSPS) is 9.69. The summed E-state index contributed by atoms with van der Waals surface area (Å²) < 4.78 is 4.53. The Labute approximate surface area is 82.5 Å². The molecule has 0 atom stereocenters. The lowest BCUT2D eigenvalue weighted by Crippen LogP contribution is -2.04. The van der Waals surface area contributed by atoms with E-state index < -0.39 is 0 Å². The fourth-order valence-corrected chi connectivity index (χ4v) is 1.08. The molecular formula is C10H10ClO2. The topological polar surface area (TPSA) is 26.3 Å². The molecule has 0 aliphatic heterocycles. The van der Waals surface area contributed by atoms with E-state index in [1.807, 2.05) is 12.1 Å². The van der Waals surface area contributed by atoms with Gasteiger partial charge in [-0.2, -0.15) is 0 Å². The molecule has 0 saturated heterocycles. The Kier molecular flexibility index (Phi) is 3.77. The van der Waals surface area contributed by atoms with Crippen LogP contribution in [-0.4, -0.2) is 13.1 Å². The first-order chi connectivity index (χ1) is 6.26. The van der Waals surface area contributed by atoms with Gasteiger partial charge in [0.05, 0.1) is 13.5 Å². The minimum atomic E-state index is -0.255. The molecule has 1 radical (unpaired) electrons. The molecule has 0 aliphatic rings. The van der Waals surface area contributed by atoms with Gasteiger partial charge >= 0.3 is 5.97 Å². The van der Waals surface area contributed by atoms with Crippen molar-refractivity contribution in [1.29, 1.82) is 0 Å². The molecule has 0 bridgehead atoms. The number of rotatable bonds is 3. The van der Waals surface area contributed by atoms with Crippen molar-refractivity contribution in [2.75, 3.05) is 7.11 Å². The Morgan fingerprint density at radius 2 is 2.38 bits per heavy atom. The van der Waals surface area contributed by atoms with Crippen LogP contribution in [0.5, 0.6) is 0 Å². The van der Waals surface area contributed by atoms with E-state index in [1.165, 1.54) is 7.11 Å². The van der Waals surface area contributed by atoms with E-state index in [1.54, 1.807) is 6.07 Å². The largest absolute Gasteiger partial charge is 0.469 e. The summed E-state index contributed by atoms with van der Waals surface area (Å²) in [5.41, 5.74) is 1.82. The van der Waals surface area contributed by atoms with Gasteiger partial charge in [-0.25, -0.2) is 0 Å². The number of carbonyl (C=O) groups is 1. The maximum absolute atomic E-state index is 10.9. The molecule has 1 aromatic carbocycles. The molecule has 0 aliphatic carbocycles. The summed E-state index contributed by atoms with van der Waals surface area (Å²) in [6, 6.07) is 8.46. The number of hydrogen-bond donors (Lipinski definition) is 0. The SMILES string of the molecule is COC(=O)Cc1[c]cc(CCl)cc1. The van der Waals surface area contributed by atoms with E-state index in [2.05, 4.69) is 10.8 Å². The summed E-state index contributed by atoms with van der Waals surface area (Å²) in [4.78, 5) is 10.9. The third-order valence-electron chi connectivity index (χ3n) is 1.66. The van der Waals surface area contributed by atoms with E-state index in [4.69, 9.17) is 11.6 Å². The van der Waals surface area contributed by atoms with Crippen LogP contribution in [0.2, 0.25) is 0 Å². The Bertz CT molecular complexity index is 279. The van der Waals surface area contributed by atoms with Crippen LogP contribution < -0.4 is 0 Å². The fourth-order valence-electron chi connectivity index (χ4n) is 0.910. The summed E-state index contributed by atoms with van der Waals surface area (Å²) in [6.45, 7) is 0. The van der Waals surface area contributed by atoms with Crippen LogP contribution >= 0.6 is 11.6 Å². The summed E-state index contributed by atoms with van der Waals surface area (Å²) in [5.74, 6) is 0.213. The first-order valence-electron chi connectivity index (χ1n) is 3.88. The van der Waals surface area contributed by atoms with Gasteiger partial charge in [0.1, 0.15) is 0 Å². The minimum absolute atomic E-state index is 0.255. The molecule has 1 aromatic rings. The zero-order valence-electron chi connectivity index (χ0n) is 7.34. The number of carbonyl (C=O) groups excluding carboxylic acids is 1. The third-order valence-corrected chi connectivity index (χ3v) is 1.97. The molecular weight excluding hydrogens is 188 g/mol. The van der Waals surface area contributed by atoms with Crippen molar-refractivity contribution in [2.24, 2.45) is 0 Å². The van der Waals surface area contributed by atoms with Crippen molar-refractivity contribution in [3.63, 3.8) is 0 Å². The van der Waals surface area contributed by atoms with E-state index in [0.29, 0.717) is 5.88 Å². The average molecular weight is 198 g/mol. The van der Waals surface area contributed by atoms with Crippen LogP contribution in [-0.2, 0) is 21.8 Å². The Balaban J connectivity index is 2.64. The van der Waals surface area contributed by atoms with Gasteiger partial charge < -0.3 is 4.74 Å². The Morgan fingerprint density at radius 1 is 1.62 bits per heavy atom. The van der Waals surface area contributed by atoms with Crippen molar-refractivity contribution in [1.82, 2.24) is 0 Å². The number of ether oxygens (including phenoxy) is 1. The van der Waals surface area contributed by atoms with Crippen molar-refractivity contribution >= 4 is 17.6 Å². The van der Waals surface area contributed by atoms with Crippen LogP contribution in [0.25, 0.3) is 0 Å². The molecule has 69 valence electrons. The predicted molar refractivity (Wildman–Crippen MR) is 50.6 cm³/mol. The standard InChI is InChI=1S/C10H10ClO2/c1-13-10(12)6-8-2-4-9(7-11)5-3-8/h2,4-5H,6-7H2,1H3. The van der Waals surface area contributed by atoms with Gasteiger partial charge in [-0.1, -0.05) is 12.1 Å². The fraction of sp³-hybridized carbons (Fsp3) is 0.300. The van der Waals surface area contributed by atoms with Gasteiger partial charge in [-0.15, -0.1) is 11.6 Å². The van der Waals surface area contributed by atoms with Crippen LogP contribution in [0, 0.1) is 6.07 Å². The molecule has 13 heavy (non-hydrogen) atoms. The van der Waals surface area contributed by atoms with Crippen LogP contribution in [0.4, 0.5) is 0 Å². The highest BCUT2D eigenvalue weighted by atomic mass is 35.5. The quantitative estimate of drug-likeness (QED) is 0.547. The summed E-state index contributed by atoms with van der Waals surface area (Å²) >= 11 is 5.60. The molecule has 0 saturated carbocycles. The second-order valence-corrected chi connectivity index (χ2v) is 2.88. The van der Waals surface area contributed by atoms with E-state index in [9.17, 15) is 4.79 Å². The highest BCUT2D eigenvalue weighted by molar-refractivity contribution is 6.17. The monoisotopic (exact) mass is 197 g/mol. The maximum Gasteiger partial charge on any atom is 0.309 e. The van der Waals surface area contributed by atoms with E-state index >= 15 is 0 Å². The molecule has 0 amide bonds. The second kappa shape index (κ2) is 4.87. The van der Waals surface area contributed by atoms with Crippen molar-refractivity contribution in [3.8, 4) is 0 Å². The van der Waals surface area contributed by atoms with Gasteiger partial charge in [0.25, 0.3) is 0 Å². The van der Waals surface area contributed by atoms with Crippen molar-refractivity contribution in [2.45, 2.75) is 12.3 Å². The van der Waals surface area contributed by atoms with Crippen LogP contribution in [0.1, 0.15) is 11.1 Å².